The molecule has 0 fully saturated rings. The van der Waals surface area contributed by atoms with Crippen LogP contribution in [0.4, 0.5) is 0 Å². The predicted molar refractivity (Wildman–Crippen MR) is 133 cm³/mol. The van der Waals surface area contributed by atoms with E-state index in [0.717, 1.165) is 32.2 Å². The van der Waals surface area contributed by atoms with Crippen LogP contribution in [0.3, 0.4) is 0 Å². The Labute approximate surface area is 183 Å². The molecule has 2 heterocycles. The summed E-state index contributed by atoms with van der Waals surface area (Å²) < 4.78 is 2.46. The Balaban J connectivity index is 1.30. The van der Waals surface area contributed by atoms with Crippen LogP contribution in [0.1, 0.15) is 32.3 Å². The van der Waals surface area contributed by atoms with E-state index in [-0.39, 0.29) is 0 Å². The summed E-state index contributed by atoms with van der Waals surface area (Å²) in [6, 6.07) is 21.4. The standard InChI is InChI=1S/C26H20N2S2/c1-17-3-11-23-21(15-17)27-25(29-23)13-9-19-5-7-20(8-6-19)10-14-26-28-22-16-18(2)4-12-24(22)30-26/h3-16H,1-2H3/b13-9+,14-10+. The summed E-state index contributed by atoms with van der Waals surface area (Å²) in [6.07, 6.45) is 8.42. The lowest BCUT2D eigenvalue weighted by atomic mass is 10.1. The number of hydrogen-bond donors (Lipinski definition) is 0. The summed E-state index contributed by atoms with van der Waals surface area (Å²) in [5, 5.41) is 2.07. The first-order chi connectivity index (χ1) is 14.6. The van der Waals surface area contributed by atoms with Crippen LogP contribution in [0.2, 0.25) is 0 Å². The predicted octanol–water partition coefficient (Wildman–Crippen LogP) is 7.86. The molecule has 0 N–H and O–H groups in total. The van der Waals surface area contributed by atoms with Gasteiger partial charge in [0.05, 0.1) is 20.4 Å². The van der Waals surface area contributed by atoms with E-state index in [0.29, 0.717) is 0 Å². The number of fused-ring (bicyclic) bond motifs is 2. The van der Waals surface area contributed by atoms with Gasteiger partial charge in [-0.3, -0.25) is 0 Å². The number of nitrogens with zero attached hydrogens (tertiary/aromatic N) is 2. The summed E-state index contributed by atoms with van der Waals surface area (Å²) in [5.41, 5.74) is 6.97. The van der Waals surface area contributed by atoms with Crippen molar-refractivity contribution in [2.75, 3.05) is 0 Å². The summed E-state index contributed by atoms with van der Waals surface area (Å²) >= 11 is 3.44. The Hall–Kier alpha value is -3.08. The van der Waals surface area contributed by atoms with Gasteiger partial charge in [-0.25, -0.2) is 9.97 Å². The van der Waals surface area contributed by atoms with Crippen LogP contribution < -0.4 is 0 Å². The van der Waals surface area contributed by atoms with Crippen LogP contribution in [0.15, 0.2) is 60.7 Å². The second-order valence-corrected chi connectivity index (χ2v) is 9.50. The highest BCUT2D eigenvalue weighted by molar-refractivity contribution is 7.19. The van der Waals surface area contributed by atoms with Gasteiger partial charge < -0.3 is 0 Å². The molecule has 0 unspecified atom stereocenters. The molecule has 0 aliphatic heterocycles. The molecule has 0 radical (unpaired) electrons. The normalized spacial score (nSPS) is 12.1. The van der Waals surface area contributed by atoms with Crippen LogP contribution in [-0.2, 0) is 0 Å². The molecule has 2 aromatic heterocycles. The highest BCUT2D eigenvalue weighted by Gasteiger charge is 2.02. The van der Waals surface area contributed by atoms with E-state index in [9.17, 15) is 0 Å². The number of rotatable bonds is 4. The van der Waals surface area contributed by atoms with Crippen molar-refractivity contribution in [3.05, 3.63) is 92.9 Å². The van der Waals surface area contributed by atoms with Gasteiger partial charge in [0.1, 0.15) is 10.0 Å². The maximum Gasteiger partial charge on any atom is 0.117 e. The van der Waals surface area contributed by atoms with Crippen LogP contribution >= 0.6 is 22.7 Å². The maximum absolute atomic E-state index is 4.71. The fourth-order valence-corrected chi connectivity index (χ4v) is 5.01. The van der Waals surface area contributed by atoms with Gasteiger partial charge in [0.15, 0.2) is 0 Å². The third-order valence-corrected chi connectivity index (χ3v) is 6.90. The molecule has 0 aliphatic carbocycles. The summed E-state index contributed by atoms with van der Waals surface area (Å²) in [5.74, 6) is 0. The molecule has 30 heavy (non-hydrogen) atoms. The van der Waals surface area contributed by atoms with Gasteiger partial charge in [-0.1, -0.05) is 48.6 Å². The minimum atomic E-state index is 1.03. The lowest BCUT2D eigenvalue weighted by Gasteiger charge is -1.95. The highest BCUT2D eigenvalue weighted by atomic mass is 32.1. The van der Waals surface area contributed by atoms with Crippen molar-refractivity contribution in [2.24, 2.45) is 0 Å². The van der Waals surface area contributed by atoms with Gasteiger partial charge in [0.2, 0.25) is 0 Å². The molecule has 3 aromatic carbocycles. The molecule has 4 heteroatoms. The number of thiazole rings is 2. The molecule has 0 spiro atoms. The van der Waals surface area contributed by atoms with Gasteiger partial charge >= 0.3 is 0 Å². The van der Waals surface area contributed by atoms with Crippen molar-refractivity contribution in [1.29, 1.82) is 0 Å². The molecule has 0 saturated heterocycles. The Morgan fingerprint density at radius 3 is 1.43 bits per heavy atom. The van der Waals surface area contributed by atoms with Crippen molar-refractivity contribution in [1.82, 2.24) is 9.97 Å². The highest BCUT2D eigenvalue weighted by Crippen LogP contribution is 2.26. The van der Waals surface area contributed by atoms with Crippen LogP contribution in [-0.4, -0.2) is 9.97 Å². The molecule has 0 aliphatic rings. The quantitative estimate of drug-likeness (QED) is 0.293. The summed E-state index contributed by atoms with van der Waals surface area (Å²) in [6.45, 7) is 4.20. The van der Waals surface area contributed by atoms with Gasteiger partial charge in [-0.15, -0.1) is 22.7 Å². The zero-order valence-electron chi connectivity index (χ0n) is 16.8. The number of benzene rings is 3. The van der Waals surface area contributed by atoms with E-state index in [1.807, 2.05) is 0 Å². The van der Waals surface area contributed by atoms with Gasteiger partial charge in [0.25, 0.3) is 0 Å². The second kappa shape index (κ2) is 7.98. The first-order valence-electron chi connectivity index (χ1n) is 9.83. The lowest BCUT2D eigenvalue weighted by Crippen LogP contribution is -1.76. The molecular weight excluding hydrogens is 404 g/mol. The Kier molecular flexibility index (Phi) is 5.03. The largest absolute Gasteiger partial charge is 0.237 e. The van der Waals surface area contributed by atoms with Gasteiger partial charge in [-0.05, 0) is 72.5 Å². The van der Waals surface area contributed by atoms with E-state index in [1.54, 1.807) is 22.7 Å². The SMILES string of the molecule is Cc1ccc2sc(/C=C/c3ccc(/C=C/c4nc5cc(C)ccc5s4)cc3)nc2c1. The smallest absolute Gasteiger partial charge is 0.117 e. The minimum Gasteiger partial charge on any atom is -0.237 e. The van der Waals surface area contributed by atoms with E-state index in [4.69, 9.17) is 9.97 Å². The zero-order chi connectivity index (χ0) is 20.5. The Morgan fingerprint density at radius 1 is 0.567 bits per heavy atom. The summed E-state index contributed by atoms with van der Waals surface area (Å²) in [7, 11) is 0. The molecule has 0 atom stereocenters. The molecule has 2 nitrogen and oxygen atoms in total. The number of aromatic nitrogens is 2. The molecule has 5 aromatic rings. The van der Waals surface area contributed by atoms with Crippen LogP contribution in [0.25, 0.3) is 44.7 Å². The Bertz CT molecular complexity index is 1290. The molecule has 146 valence electrons. The van der Waals surface area contributed by atoms with Crippen molar-refractivity contribution >= 4 is 67.4 Å². The van der Waals surface area contributed by atoms with Gasteiger partial charge in [-0.2, -0.15) is 0 Å². The first kappa shape index (κ1) is 18.9. The average Bonchev–Trinajstić information content (AvgIpc) is 3.34. The third kappa shape index (κ3) is 4.11. The van der Waals surface area contributed by atoms with Crippen molar-refractivity contribution < 1.29 is 0 Å². The van der Waals surface area contributed by atoms with Crippen molar-refractivity contribution in [3.8, 4) is 0 Å². The third-order valence-electron chi connectivity index (χ3n) is 4.89. The maximum atomic E-state index is 4.71. The van der Waals surface area contributed by atoms with E-state index in [2.05, 4.69) is 98.8 Å². The topological polar surface area (TPSA) is 25.8 Å². The monoisotopic (exact) mass is 424 g/mol. The van der Waals surface area contributed by atoms with E-state index >= 15 is 0 Å². The number of hydrogen-bond acceptors (Lipinski definition) is 4. The fraction of sp³-hybridized carbons (Fsp3) is 0.0769. The molecule has 5 rings (SSSR count). The average molecular weight is 425 g/mol. The van der Waals surface area contributed by atoms with E-state index in [1.165, 1.54) is 20.5 Å². The Morgan fingerprint density at radius 2 is 1.00 bits per heavy atom. The molecule has 0 bridgehead atoms. The summed E-state index contributed by atoms with van der Waals surface area (Å²) in [4.78, 5) is 9.41. The van der Waals surface area contributed by atoms with E-state index < -0.39 is 0 Å². The van der Waals surface area contributed by atoms with Crippen molar-refractivity contribution in [2.45, 2.75) is 13.8 Å². The van der Waals surface area contributed by atoms with Gasteiger partial charge in [0, 0.05) is 0 Å². The van der Waals surface area contributed by atoms with Crippen LogP contribution in [0.5, 0.6) is 0 Å². The zero-order valence-corrected chi connectivity index (χ0v) is 18.4. The molecular formula is C26H20N2S2. The molecule has 0 saturated carbocycles. The molecule has 0 amide bonds. The first-order valence-corrected chi connectivity index (χ1v) is 11.5. The number of aryl methyl sites for hydroxylation is 2. The van der Waals surface area contributed by atoms with Crippen molar-refractivity contribution in [3.63, 3.8) is 0 Å². The van der Waals surface area contributed by atoms with Crippen LogP contribution in [0, 0.1) is 13.8 Å². The lowest BCUT2D eigenvalue weighted by molar-refractivity contribution is 1.43. The fourth-order valence-electron chi connectivity index (χ4n) is 3.31. The second-order valence-electron chi connectivity index (χ2n) is 7.38. The minimum absolute atomic E-state index is 1.03.